The van der Waals surface area contributed by atoms with Crippen molar-refractivity contribution >= 4 is 52.4 Å². The molecule has 3 N–H and O–H groups in total. The van der Waals surface area contributed by atoms with Crippen LogP contribution in [0.1, 0.15) is 30.1 Å². The quantitative estimate of drug-likeness (QED) is 0.422. The van der Waals surface area contributed by atoms with Gasteiger partial charge < -0.3 is 21.0 Å². The van der Waals surface area contributed by atoms with Gasteiger partial charge in [0.25, 0.3) is 5.91 Å². The van der Waals surface area contributed by atoms with Crippen molar-refractivity contribution < 1.29 is 4.79 Å². The number of carbonyl (C=O) groups excluding carboxylic acids is 1. The van der Waals surface area contributed by atoms with Crippen LogP contribution in [0.2, 0.25) is 5.02 Å². The van der Waals surface area contributed by atoms with E-state index in [1.807, 2.05) is 18.2 Å². The van der Waals surface area contributed by atoms with Crippen LogP contribution in [0.4, 0.5) is 17.3 Å². The molecule has 1 saturated heterocycles. The largest absolute Gasteiger partial charge is 0.356 e. The van der Waals surface area contributed by atoms with Crippen molar-refractivity contribution in [3.63, 3.8) is 0 Å². The number of benzene rings is 2. The van der Waals surface area contributed by atoms with Gasteiger partial charge in [-0.05, 0) is 73.6 Å². The first-order chi connectivity index (χ1) is 16.5. The Morgan fingerprint density at radius 1 is 1.12 bits per heavy atom. The highest BCUT2D eigenvalue weighted by Gasteiger charge is 2.20. The van der Waals surface area contributed by atoms with E-state index in [1.165, 1.54) is 18.2 Å². The molecule has 34 heavy (non-hydrogen) atoms. The molecule has 1 atom stereocenters. The maximum absolute atomic E-state index is 12.6. The molecule has 0 saturated carbocycles. The average Bonchev–Trinajstić information content (AvgIpc) is 3.19. The van der Waals surface area contributed by atoms with Crippen LogP contribution in [0.25, 0.3) is 0 Å². The maximum atomic E-state index is 12.6. The Morgan fingerprint density at radius 2 is 1.88 bits per heavy atom. The maximum Gasteiger partial charge on any atom is 0.255 e. The summed E-state index contributed by atoms with van der Waals surface area (Å²) in [6.45, 7) is 4.08. The lowest BCUT2D eigenvalue weighted by Gasteiger charge is -2.32. The number of nitrogens with one attached hydrogen (secondary N) is 3. The van der Waals surface area contributed by atoms with Gasteiger partial charge in [0.1, 0.15) is 17.5 Å². The standard InChI is InChI=1S/C24H24ClN7OS/c1-15-13-21(31-30-15)27-20-14-22(32-11-2-12-32)29-24(28-20)34-19-9-3-16(4-10-19)23(33)26-18-7-5-17(25)6-8-18/h3-10,14-15,30H,2,11-13H2,1H3,(H,26,33)(H,27,28,29,31). The molecule has 1 aromatic heterocycles. The number of amidine groups is 1. The summed E-state index contributed by atoms with van der Waals surface area (Å²) in [7, 11) is 0. The number of hydrogen-bond acceptors (Lipinski definition) is 8. The monoisotopic (exact) mass is 493 g/mol. The molecule has 8 nitrogen and oxygen atoms in total. The summed E-state index contributed by atoms with van der Waals surface area (Å²) in [5.74, 6) is 2.33. The van der Waals surface area contributed by atoms with Gasteiger partial charge in [0.2, 0.25) is 0 Å². The zero-order chi connectivity index (χ0) is 23.5. The Balaban J connectivity index is 1.29. The fourth-order valence-electron chi connectivity index (χ4n) is 3.54. The number of amides is 1. The van der Waals surface area contributed by atoms with Gasteiger partial charge in [-0.25, -0.2) is 9.97 Å². The first-order valence-electron chi connectivity index (χ1n) is 11.1. The smallest absolute Gasteiger partial charge is 0.255 e. The van der Waals surface area contributed by atoms with Crippen LogP contribution in [0.3, 0.4) is 0 Å². The molecular weight excluding hydrogens is 470 g/mol. The number of nitrogens with zero attached hydrogens (tertiary/aromatic N) is 4. The molecule has 2 aromatic carbocycles. The van der Waals surface area contributed by atoms with Gasteiger partial charge in [-0.1, -0.05) is 11.6 Å². The van der Waals surface area contributed by atoms with E-state index in [2.05, 4.69) is 33.0 Å². The minimum absolute atomic E-state index is 0.179. The highest BCUT2D eigenvalue weighted by Crippen LogP contribution is 2.30. The molecule has 1 amide bonds. The molecule has 3 heterocycles. The summed E-state index contributed by atoms with van der Waals surface area (Å²) in [6, 6.07) is 16.7. The van der Waals surface area contributed by atoms with Gasteiger partial charge >= 0.3 is 0 Å². The van der Waals surface area contributed by atoms with E-state index in [-0.39, 0.29) is 5.91 Å². The van der Waals surface area contributed by atoms with Crippen LogP contribution in [-0.2, 0) is 0 Å². The number of rotatable bonds is 6. The number of hydrogen-bond donors (Lipinski definition) is 3. The molecule has 1 fully saturated rings. The average molecular weight is 494 g/mol. The molecule has 1 unspecified atom stereocenters. The number of carbonyl (C=O) groups is 1. The summed E-state index contributed by atoms with van der Waals surface area (Å²) < 4.78 is 0. The minimum Gasteiger partial charge on any atom is -0.356 e. The van der Waals surface area contributed by atoms with E-state index in [9.17, 15) is 4.79 Å². The second-order valence-electron chi connectivity index (χ2n) is 8.24. The molecular formula is C24H24ClN7OS. The molecule has 2 aliphatic heterocycles. The molecule has 0 bridgehead atoms. The third-order valence-corrected chi connectivity index (χ3v) is 6.62. The van der Waals surface area contributed by atoms with Crippen molar-refractivity contribution in [3.05, 3.63) is 65.2 Å². The fraction of sp³-hybridized carbons (Fsp3) is 0.250. The fourth-order valence-corrected chi connectivity index (χ4v) is 4.43. The lowest BCUT2D eigenvalue weighted by atomic mass is 10.2. The Labute approximate surface area is 207 Å². The van der Waals surface area contributed by atoms with Gasteiger partial charge in [-0.2, -0.15) is 5.10 Å². The van der Waals surface area contributed by atoms with Crippen LogP contribution >= 0.6 is 23.4 Å². The Kier molecular flexibility index (Phi) is 6.55. The molecule has 0 spiro atoms. The predicted molar refractivity (Wildman–Crippen MR) is 137 cm³/mol. The van der Waals surface area contributed by atoms with E-state index in [1.54, 1.807) is 36.4 Å². The van der Waals surface area contributed by atoms with E-state index in [4.69, 9.17) is 21.6 Å². The van der Waals surface area contributed by atoms with Crippen molar-refractivity contribution in [1.29, 1.82) is 0 Å². The zero-order valence-electron chi connectivity index (χ0n) is 18.6. The lowest BCUT2D eigenvalue weighted by Crippen LogP contribution is -2.37. The van der Waals surface area contributed by atoms with E-state index >= 15 is 0 Å². The number of anilines is 3. The van der Waals surface area contributed by atoms with Crippen LogP contribution in [0.15, 0.2) is 69.8 Å². The normalized spacial score (nSPS) is 16.9. The molecule has 10 heteroatoms. The van der Waals surface area contributed by atoms with Crippen LogP contribution < -0.4 is 21.0 Å². The zero-order valence-corrected chi connectivity index (χ0v) is 20.2. The molecule has 5 rings (SSSR count). The van der Waals surface area contributed by atoms with E-state index < -0.39 is 0 Å². The van der Waals surface area contributed by atoms with Gasteiger partial charge in [0, 0.05) is 52.8 Å². The highest BCUT2D eigenvalue weighted by molar-refractivity contribution is 7.99. The molecule has 0 aliphatic carbocycles. The van der Waals surface area contributed by atoms with Crippen molar-refractivity contribution in [2.24, 2.45) is 5.10 Å². The van der Waals surface area contributed by atoms with Gasteiger partial charge in [0.05, 0.1) is 0 Å². The molecule has 3 aromatic rings. The second-order valence-corrected chi connectivity index (χ2v) is 9.72. The van der Waals surface area contributed by atoms with Crippen LogP contribution in [-0.4, -0.2) is 40.8 Å². The van der Waals surface area contributed by atoms with Crippen LogP contribution in [0.5, 0.6) is 0 Å². The summed E-state index contributed by atoms with van der Waals surface area (Å²) in [5, 5.41) is 11.8. The Morgan fingerprint density at radius 3 is 2.53 bits per heavy atom. The SMILES string of the molecule is CC1CC(Nc2cc(N3CCC3)nc(Sc3ccc(C(=O)Nc4ccc(Cl)cc4)cc3)n2)=NN1. The minimum atomic E-state index is -0.179. The molecule has 2 aliphatic rings. The summed E-state index contributed by atoms with van der Waals surface area (Å²) in [4.78, 5) is 25.2. The Hall–Kier alpha value is -3.30. The Bertz CT molecular complexity index is 1210. The number of hydrazone groups is 1. The predicted octanol–water partition coefficient (Wildman–Crippen LogP) is 4.85. The van der Waals surface area contributed by atoms with Gasteiger partial charge in [0.15, 0.2) is 5.16 Å². The molecule has 174 valence electrons. The highest BCUT2D eigenvalue weighted by atomic mass is 35.5. The summed E-state index contributed by atoms with van der Waals surface area (Å²) >= 11 is 7.37. The van der Waals surface area contributed by atoms with Gasteiger partial charge in [-0.15, -0.1) is 0 Å². The van der Waals surface area contributed by atoms with Gasteiger partial charge in [-0.3, -0.25) is 4.79 Å². The van der Waals surface area contributed by atoms with Crippen molar-refractivity contribution in [2.75, 3.05) is 28.6 Å². The van der Waals surface area contributed by atoms with Crippen molar-refractivity contribution in [1.82, 2.24) is 15.4 Å². The van der Waals surface area contributed by atoms with E-state index in [0.717, 1.165) is 41.9 Å². The van der Waals surface area contributed by atoms with E-state index in [0.29, 0.717) is 27.5 Å². The van der Waals surface area contributed by atoms with Crippen molar-refractivity contribution in [3.8, 4) is 0 Å². The third-order valence-electron chi connectivity index (χ3n) is 5.49. The van der Waals surface area contributed by atoms with Crippen LogP contribution in [0, 0.1) is 0 Å². The third kappa shape index (κ3) is 5.43. The van der Waals surface area contributed by atoms with Crippen molar-refractivity contribution in [2.45, 2.75) is 35.9 Å². The molecule has 0 radical (unpaired) electrons. The topological polar surface area (TPSA) is 94.5 Å². The second kappa shape index (κ2) is 9.90. The number of aromatic nitrogens is 2. The number of halogens is 1. The summed E-state index contributed by atoms with van der Waals surface area (Å²) in [6.07, 6.45) is 1.99. The summed E-state index contributed by atoms with van der Waals surface area (Å²) in [5.41, 5.74) is 4.33. The first kappa shape index (κ1) is 22.5. The lowest BCUT2D eigenvalue weighted by molar-refractivity contribution is 0.102. The first-order valence-corrected chi connectivity index (χ1v) is 12.3.